The number of rotatable bonds is 3. The lowest BCUT2D eigenvalue weighted by Crippen LogP contribution is -2.04. The highest BCUT2D eigenvalue weighted by Gasteiger charge is 2.14. The Bertz CT molecular complexity index is 653. The molecule has 10 heteroatoms. The Morgan fingerprint density at radius 1 is 1.23 bits per heavy atom. The number of methoxy groups -OCH3 is 2. The lowest BCUT2D eigenvalue weighted by atomic mass is 10.4. The number of nitrogens with zero attached hydrogens (tertiary/aromatic N) is 3. The SMILES string of the molecule is CCn1cc(Br)c(C(=O)OC)n1.COC(=O)c1[nH]ncc1Br. The molecule has 0 amide bonds. The minimum absolute atomic E-state index is 0.319. The van der Waals surface area contributed by atoms with Crippen LogP contribution in [-0.2, 0) is 16.0 Å². The van der Waals surface area contributed by atoms with E-state index in [9.17, 15) is 9.59 Å². The summed E-state index contributed by atoms with van der Waals surface area (Å²) in [6.45, 7) is 2.68. The van der Waals surface area contributed by atoms with Gasteiger partial charge in [-0.15, -0.1) is 0 Å². The first-order valence-corrected chi connectivity index (χ1v) is 7.61. The van der Waals surface area contributed by atoms with Crippen molar-refractivity contribution in [2.75, 3.05) is 14.2 Å². The Morgan fingerprint density at radius 2 is 1.86 bits per heavy atom. The molecule has 0 saturated carbocycles. The van der Waals surface area contributed by atoms with Crippen LogP contribution >= 0.6 is 31.9 Å². The van der Waals surface area contributed by atoms with Crippen LogP contribution in [0.4, 0.5) is 0 Å². The highest BCUT2D eigenvalue weighted by atomic mass is 79.9. The molecule has 120 valence electrons. The molecule has 1 N–H and O–H groups in total. The van der Waals surface area contributed by atoms with E-state index in [2.05, 4.69) is 56.6 Å². The minimum Gasteiger partial charge on any atom is -0.464 e. The summed E-state index contributed by atoms with van der Waals surface area (Å²) in [5.74, 6) is -0.849. The molecule has 2 aromatic rings. The van der Waals surface area contributed by atoms with Gasteiger partial charge in [-0.1, -0.05) is 0 Å². The van der Waals surface area contributed by atoms with Gasteiger partial charge >= 0.3 is 11.9 Å². The number of carbonyl (C=O) groups is 2. The summed E-state index contributed by atoms with van der Waals surface area (Å²) in [5, 5.41) is 10.1. The number of aromatic amines is 1. The van der Waals surface area contributed by atoms with Crippen molar-refractivity contribution in [3.05, 3.63) is 32.7 Å². The molecule has 0 aliphatic heterocycles. The molecule has 0 aliphatic carbocycles. The Labute approximate surface area is 143 Å². The highest BCUT2D eigenvalue weighted by Crippen LogP contribution is 2.15. The smallest absolute Gasteiger partial charge is 0.359 e. The van der Waals surface area contributed by atoms with Gasteiger partial charge in [0, 0.05) is 12.7 Å². The van der Waals surface area contributed by atoms with Gasteiger partial charge in [0.15, 0.2) is 11.4 Å². The maximum absolute atomic E-state index is 11.0. The first-order valence-electron chi connectivity index (χ1n) is 6.03. The lowest BCUT2D eigenvalue weighted by molar-refractivity contribution is 0.0583. The molecular formula is C12H14Br2N4O4. The second-order valence-corrected chi connectivity index (χ2v) is 5.47. The number of aromatic nitrogens is 4. The third-order valence-electron chi connectivity index (χ3n) is 2.40. The van der Waals surface area contributed by atoms with Crippen LogP contribution < -0.4 is 0 Å². The summed E-state index contributed by atoms with van der Waals surface area (Å²) in [7, 11) is 2.65. The van der Waals surface area contributed by atoms with Crippen molar-refractivity contribution in [3.63, 3.8) is 0 Å². The molecule has 22 heavy (non-hydrogen) atoms. The Hall–Kier alpha value is -1.68. The number of aryl methyl sites for hydroxylation is 1. The average Bonchev–Trinajstić information content (AvgIpc) is 3.12. The highest BCUT2D eigenvalue weighted by molar-refractivity contribution is 9.10. The molecule has 0 aliphatic rings. The van der Waals surface area contributed by atoms with E-state index in [1.807, 2.05) is 6.92 Å². The number of esters is 2. The van der Waals surface area contributed by atoms with Gasteiger partial charge in [0.1, 0.15) is 0 Å². The van der Waals surface area contributed by atoms with Crippen molar-refractivity contribution >= 4 is 43.8 Å². The van der Waals surface area contributed by atoms with Gasteiger partial charge in [-0.05, 0) is 38.8 Å². The van der Waals surface area contributed by atoms with Crippen molar-refractivity contribution in [2.45, 2.75) is 13.5 Å². The molecule has 0 saturated heterocycles. The van der Waals surface area contributed by atoms with E-state index >= 15 is 0 Å². The van der Waals surface area contributed by atoms with Crippen LogP contribution in [0.3, 0.4) is 0 Å². The number of halogens is 2. The summed E-state index contributed by atoms with van der Waals surface area (Å²) in [6, 6.07) is 0. The van der Waals surface area contributed by atoms with Crippen LogP contribution in [0.1, 0.15) is 27.9 Å². The molecule has 0 spiro atoms. The van der Waals surface area contributed by atoms with Crippen molar-refractivity contribution < 1.29 is 19.1 Å². The number of hydrogen-bond donors (Lipinski definition) is 1. The van der Waals surface area contributed by atoms with E-state index in [4.69, 9.17) is 0 Å². The summed E-state index contributed by atoms with van der Waals surface area (Å²) in [4.78, 5) is 21.8. The van der Waals surface area contributed by atoms with E-state index in [0.717, 1.165) is 6.54 Å². The molecule has 0 aromatic carbocycles. The summed E-state index contributed by atoms with van der Waals surface area (Å²) in [5.41, 5.74) is 0.654. The molecule has 2 rings (SSSR count). The molecule has 0 unspecified atom stereocenters. The van der Waals surface area contributed by atoms with Gasteiger partial charge in [-0.3, -0.25) is 9.78 Å². The first kappa shape index (κ1) is 18.4. The summed E-state index contributed by atoms with van der Waals surface area (Å²) >= 11 is 6.33. The molecule has 8 nitrogen and oxygen atoms in total. The topological polar surface area (TPSA) is 99.1 Å². The van der Waals surface area contributed by atoms with E-state index < -0.39 is 11.9 Å². The van der Waals surface area contributed by atoms with Gasteiger partial charge in [0.2, 0.25) is 0 Å². The molecule has 2 heterocycles. The zero-order chi connectivity index (χ0) is 16.7. The predicted molar refractivity (Wildman–Crippen MR) is 84.6 cm³/mol. The largest absolute Gasteiger partial charge is 0.464 e. The van der Waals surface area contributed by atoms with Gasteiger partial charge in [0.05, 0.1) is 29.4 Å². The lowest BCUT2D eigenvalue weighted by Gasteiger charge is -1.93. The van der Waals surface area contributed by atoms with E-state index in [-0.39, 0.29) is 0 Å². The summed E-state index contributed by atoms with van der Waals surface area (Å²) in [6.07, 6.45) is 3.23. The van der Waals surface area contributed by atoms with Gasteiger partial charge in [0.25, 0.3) is 0 Å². The fourth-order valence-corrected chi connectivity index (χ4v) is 2.14. The standard InChI is InChI=1S/C7H9BrN2O2.C5H5BrN2O2/c1-3-10-4-5(8)6(9-10)7(11)12-2;1-10-5(9)4-3(6)2-7-8-4/h4H,3H2,1-2H3;2H,1H3,(H,7,8). The van der Waals surface area contributed by atoms with Gasteiger partial charge in [-0.25, -0.2) is 9.59 Å². The number of carbonyl (C=O) groups excluding carboxylic acids is 2. The van der Waals surface area contributed by atoms with Crippen molar-refractivity contribution in [1.29, 1.82) is 0 Å². The van der Waals surface area contributed by atoms with E-state index in [1.54, 1.807) is 10.9 Å². The normalized spacial score (nSPS) is 9.68. The van der Waals surface area contributed by atoms with Crippen molar-refractivity contribution in [3.8, 4) is 0 Å². The van der Waals surface area contributed by atoms with Crippen LogP contribution in [0.15, 0.2) is 21.3 Å². The predicted octanol–water partition coefficient (Wildman–Crippen LogP) is 2.41. The van der Waals surface area contributed by atoms with Crippen molar-refractivity contribution in [2.24, 2.45) is 0 Å². The van der Waals surface area contributed by atoms with Crippen LogP contribution in [0.2, 0.25) is 0 Å². The fourth-order valence-electron chi connectivity index (χ4n) is 1.31. The molecule has 0 bridgehead atoms. The zero-order valence-corrected chi connectivity index (χ0v) is 15.3. The summed E-state index contributed by atoms with van der Waals surface area (Å²) < 4.78 is 11.9. The van der Waals surface area contributed by atoms with Crippen LogP contribution in [0.5, 0.6) is 0 Å². The molecular weight excluding hydrogens is 424 g/mol. The van der Waals surface area contributed by atoms with Crippen LogP contribution in [0.25, 0.3) is 0 Å². The number of hydrogen-bond acceptors (Lipinski definition) is 6. The molecule has 0 radical (unpaired) electrons. The molecule has 2 aromatic heterocycles. The number of ether oxygens (including phenoxy) is 2. The Kier molecular flexibility index (Phi) is 7.25. The number of nitrogens with one attached hydrogen (secondary N) is 1. The second-order valence-electron chi connectivity index (χ2n) is 3.76. The van der Waals surface area contributed by atoms with Crippen LogP contribution in [-0.4, -0.2) is 46.1 Å². The van der Waals surface area contributed by atoms with Gasteiger partial charge < -0.3 is 9.47 Å². The molecule has 0 fully saturated rings. The Balaban J connectivity index is 0.000000224. The zero-order valence-electron chi connectivity index (χ0n) is 12.1. The van der Waals surface area contributed by atoms with E-state index in [0.29, 0.717) is 20.3 Å². The average molecular weight is 438 g/mol. The monoisotopic (exact) mass is 436 g/mol. The van der Waals surface area contributed by atoms with E-state index in [1.165, 1.54) is 20.4 Å². The minimum atomic E-state index is -0.427. The fraction of sp³-hybridized carbons (Fsp3) is 0.333. The van der Waals surface area contributed by atoms with Crippen LogP contribution in [0, 0.1) is 0 Å². The first-order chi connectivity index (χ1) is 10.4. The second kappa shape index (κ2) is 8.69. The Morgan fingerprint density at radius 3 is 2.27 bits per heavy atom. The third kappa shape index (κ3) is 4.67. The number of H-pyrrole nitrogens is 1. The quantitative estimate of drug-likeness (QED) is 0.740. The molecule has 0 atom stereocenters. The maximum Gasteiger partial charge on any atom is 0.359 e. The third-order valence-corrected chi connectivity index (χ3v) is 3.58. The van der Waals surface area contributed by atoms with Crippen molar-refractivity contribution in [1.82, 2.24) is 20.0 Å². The maximum atomic E-state index is 11.0. The van der Waals surface area contributed by atoms with Gasteiger partial charge in [-0.2, -0.15) is 10.2 Å².